The fourth-order valence-corrected chi connectivity index (χ4v) is 4.51. The molecule has 2 aromatic carbocycles. The Labute approximate surface area is 242 Å². The Bertz CT molecular complexity index is 1540. The minimum absolute atomic E-state index is 0.0472. The molecule has 1 saturated heterocycles. The Morgan fingerprint density at radius 3 is 2.59 bits per heavy atom. The molecule has 11 heteroatoms. The minimum atomic E-state index is -0.730. The van der Waals surface area contributed by atoms with Gasteiger partial charge in [0.05, 0.1) is 16.3 Å². The highest BCUT2D eigenvalue weighted by molar-refractivity contribution is 6.32. The summed E-state index contributed by atoms with van der Waals surface area (Å²) in [5.74, 6) is -0.615. The van der Waals surface area contributed by atoms with Gasteiger partial charge in [0.25, 0.3) is 5.91 Å². The lowest BCUT2D eigenvalue weighted by atomic mass is 9.99. The maximum Gasteiger partial charge on any atom is 0.413 e. The second-order valence-corrected chi connectivity index (χ2v) is 10.8. The van der Waals surface area contributed by atoms with Crippen molar-refractivity contribution in [2.24, 2.45) is 0 Å². The lowest BCUT2D eigenvalue weighted by Crippen LogP contribution is -2.28. The second kappa shape index (κ2) is 12.4. The molecule has 9 nitrogen and oxygen atoms in total. The van der Waals surface area contributed by atoms with Gasteiger partial charge in [-0.05, 0) is 70.0 Å². The van der Waals surface area contributed by atoms with Crippen molar-refractivity contribution >= 4 is 35.1 Å². The van der Waals surface area contributed by atoms with Crippen LogP contribution in [0.3, 0.4) is 0 Å². The van der Waals surface area contributed by atoms with Gasteiger partial charge in [-0.2, -0.15) is 5.26 Å². The topological polar surface area (TPSA) is 128 Å². The van der Waals surface area contributed by atoms with E-state index in [0.717, 1.165) is 12.8 Å². The number of amides is 2. The van der Waals surface area contributed by atoms with Gasteiger partial charge in [0.15, 0.2) is 0 Å². The highest BCUT2D eigenvalue weighted by atomic mass is 35.5. The molecule has 1 aliphatic rings. The van der Waals surface area contributed by atoms with Crippen LogP contribution in [-0.4, -0.2) is 52.9 Å². The molecule has 2 heterocycles. The monoisotopic (exact) mass is 577 g/mol. The van der Waals surface area contributed by atoms with Gasteiger partial charge in [-0.15, -0.1) is 0 Å². The van der Waals surface area contributed by atoms with Gasteiger partial charge in [0, 0.05) is 47.6 Å². The lowest BCUT2D eigenvalue weighted by molar-refractivity contribution is 0.0634. The van der Waals surface area contributed by atoms with Crippen LogP contribution < -0.4 is 10.1 Å². The van der Waals surface area contributed by atoms with Crippen molar-refractivity contribution in [3.05, 3.63) is 76.2 Å². The predicted octanol–water partition coefficient (Wildman–Crippen LogP) is 6.44. The first-order valence-electron chi connectivity index (χ1n) is 13.0. The average molecular weight is 578 g/mol. The molecular weight excluding hydrogens is 549 g/mol. The van der Waals surface area contributed by atoms with Crippen molar-refractivity contribution in [3.63, 3.8) is 0 Å². The van der Waals surface area contributed by atoms with Gasteiger partial charge in [-0.3, -0.25) is 10.1 Å². The van der Waals surface area contributed by atoms with Gasteiger partial charge in [-0.25, -0.2) is 14.2 Å². The Kier molecular flexibility index (Phi) is 8.89. The fourth-order valence-electron chi connectivity index (χ4n) is 4.31. The van der Waals surface area contributed by atoms with Crippen LogP contribution in [0.25, 0.3) is 11.1 Å². The number of likely N-dealkylation sites (tertiary alicyclic amines) is 1. The third-order valence-electron chi connectivity index (χ3n) is 6.21. The van der Waals surface area contributed by atoms with E-state index in [1.807, 2.05) is 6.07 Å². The van der Waals surface area contributed by atoms with Gasteiger partial charge in [-0.1, -0.05) is 11.6 Å². The standard InChI is InChI=1S/C30H29ClFN5O4/c1-30(2,3)41-29(39)36-27-20(7-6-10-35-27)25(34)17-40-26-15-23(31)19(16-33)14-22(26)21-13-18(8-9-24(21)32)28(38)37-11-4-5-12-37/h6-10,13-15,34H,4-5,11-12,17H2,1-3H3,(H,35,36,39). The molecule has 2 amide bonds. The van der Waals surface area contributed by atoms with E-state index in [9.17, 15) is 14.9 Å². The maximum atomic E-state index is 15.2. The number of hydrogen-bond acceptors (Lipinski definition) is 7. The predicted molar refractivity (Wildman–Crippen MR) is 153 cm³/mol. The molecule has 1 aromatic heterocycles. The lowest BCUT2D eigenvalue weighted by Gasteiger charge is -2.20. The van der Waals surface area contributed by atoms with Crippen molar-refractivity contribution in [2.45, 2.75) is 39.2 Å². The third kappa shape index (κ3) is 7.18. The molecule has 4 rings (SSSR count). The molecule has 212 valence electrons. The molecule has 2 N–H and O–H groups in total. The van der Waals surface area contributed by atoms with Crippen molar-refractivity contribution < 1.29 is 23.5 Å². The second-order valence-electron chi connectivity index (χ2n) is 10.4. The van der Waals surface area contributed by atoms with Gasteiger partial charge in [0.1, 0.15) is 35.7 Å². The van der Waals surface area contributed by atoms with E-state index in [-0.39, 0.29) is 57.1 Å². The summed E-state index contributed by atoms with van der Waals surface area (Å²) in [4.78, 5) is 31.1. The van der Waals surface area contributed by atoms with Crippen LogP contribution in [0.5, 0.6) is 5.75 Å². The number of pyridine rings is 1. The summed E-state index contributed by atoms with van der Waals surface area (Å²) >= 11 is 6.28. The normalized spacial score (nSPS) is 12.9. The van der Waals surface area contributed by atoms with Crippen LogP contribution in [0.4, 0.5) is 15.0 Å². The number of aromatic nitrogens is 1. The van der Waals surface area contributed by atoms with Gasteiger partial charge >= 0.3 is 6.09 Å². The molecular formula is C30H29ClFN5O4. The molecule has 1 aliphatic heterocycles. The van der Waals surface area contributed by atoms with E-state index in [1.54, 1.807) is 37.8 Å². The van der Waals surface area contributed by atoms with E-state index in [0.29, 0.717) is 18.7 Å². The average Bonchev–Trinajstić information content (AvgIpc) is 3.46. The Hall–Kier alpha value is -4.49. The number of anilines is 1. The molecule has 3 aromatic rings. The minimum Gasteiger partial charge on any atom is -0.487 e. The number of carbonyl (C=O) groups excluding carboxylic acids is 2. The van der Waals surface area contributed by atoms with Gasteiger partial charge < -0.3 is 19.8 Å². The quantitative estimate of drug-likeness (QED) is 0.311. The summed E-state index contributed by atoms with van der Waals surface area (Å²) in [7, 11) is 0. The molecule has 0 radical (unpaired) electrons. The fraction of sp³-hybridized carbons (Fsp3) is 0.300. The zero-order valence-corrected chi connectivity index (χ0v) is 23.6. The largest absolute Gasteiger partial charge is 0.487 e. The number of nitriles is 1. The number of benzene rings is 2. The molecule has 0 spiro atoms. The number of carbonyl (C=O) groups is 2. The number of nitrogens with zero attached hydrogens (tertiary/aromatic N) is 3. The van der Waals surface area contributed by atoms with Crippen molar-refractivity contribution in [3.8, 4) is 22.9 Å². The Morgan fingerprint density at radius 1 is 1.17 bits per heavy atom. The third-order valence-corrected chi connectivity index (χ3v) is 6.52. The van der Waals surface area contributed by atoms with Crippen LogP contribution in [0.2, 0.25) is 5.02 Å². The summed E-state index contributed by atoms with van der Waals surface area (Å²) in [6.07, 6.45) is 2.56. The van der Waals surface area contributed by atoms with E-state index in [2.05, 4.69) is 10.3 Å². The molecule has 0 unspecified atom stereocenters. The van der Waals surface area contributed by atoms with E-state index < -0.39 is 17.5 Å². The van der Waals surface area contributed by atoms with Gasteiger partial charge in [0.2, 0.25) is 0 Å². The van der Waals surface area contributed by atoms with Crippen LogP contribution in [-0.2, 0) is 4.74 Å². The van der Waals surface area contributed by atoms with E-state index in [1.165, 1.54) is 36.5 Å². The summed E-state index contributed by atoms with van der Waals surface area (Å²) in [5, 5.41) is 20.8. The Balaban J connectivity index is 1.63. The molecule has 0 aliphatic carbocycles. The summed E-state index contributed by atoms with van der Waals surface area (Å²) in [5.41, 5.74) is 0.161. The number of ether oxygens (including phenoxy) is 2. The van der Waals surface area contributed by atoms with Crippen molar-refractivity contribution in [1.29, 1.82) is 10.7 Å². The first-order valence-corrected chi connectivity index (χ1v) is 13.3. The highest BCUT2D eigenvalue weighted by Gasteiger charge is 2.23. The highest BCUT2D eigenvalue weighted by Crippen LogP contribution is 2.37. The van der Waals surface area contributed by atoms with Crippen LogP contribution in [0.1, 0.15) is 55.1 Å². The summed E-state index contributed by atoms with van der Waals surface area (Å²) < 4.78 is 26.4. The van der Waals surface area contributed by atoms with Crippen molar-refractivity contribution in [1.82, 2.24) is 9.88 Å². The smallest absolute Gasteiger partial charge is 0.413 e. The Morgan fingerprint density at radius 2 is 1.90 bits per heavy atom. The van der Waals surface area contributed by atoms with Crippen molar-refractivity contribution in [2.75, 3.05) is 25.0 Å². The first kappa shape index (κ1) is 29.5. The molecule has 0 saturated carbocycles. The SMILES string of the molecule is CC(C)(C)OC(=O)Nc1ncccc1C(=N)COc1cc(Cl)c(C#N)cc1-c1cc(C(=O)N2CCCC2)ccc1F. The zero-order valence-electron chi connectivity index (χ0n) is 22.9. The summed E-state index contributed by atoms with van der Waals surface area (Å²) in [6, 6.07) is 12.0. The number of hydrogen-bond donors (Lipinski definition) is 2. The van der Waals surface area contributed by atoms with Crippen LogP contribution in [0.15, 0.2) is 48.7 Å². The summed E-state index contributed by atoms with van der Waals surface area (Å²) in [6.45, 7) is 6.15. The number of halogens is 2. The van der Waals surface area contributed by atoms with Crippen LogP contribution >= 0.6 is 11.6 Å². The number of rotatable bonds is 7. The molecule has 1 fully saturated rings. The number of nitrogens with one attached hydrogen (secondary N) is 2. The maximum absolute atomic E-state index is 15.2. The van der Waals surface area contributed by atoms with E-state index >= 15 is 4.39 Å². The molecule has 0 atom stereocenters. The zero-order chi connectivity index (χ0) is 29.7. The first-order chi connectivity index (χ1) is 19.5. The van der Waals surface area contributed by atoms with E-state index in [4.69, 9.17) is 26.5 Å². The molecule has 41 heavy (non-hydrogen) atoms. The molecule has 0 bridgehead atoms. The van der Waals surface area contributed by atoms with Crippen LogP contribution in [0, 0.1) is 22.6 Å².